The first kappa shape index (κ1) is 11.1. The highest BCUT2D eigenvalue weighted by Gasteiger charge is 2.07. The van der Waals surface area contributed by atoms with E-state index in [4.69, 9.17) is 23.2 Å². The molecule has 0 unspecified atom stereocenters. The summed E-state index contributed by atoms with van der Waals surface area (Å²) in [5, 5.41) is 10.5. The van der Waals surface area contributed by atoms with E-state index in [1.807, 2.05) is 31.2 Å². The van der Waals surface area contributed by atoms with Crippen LogP contribution in [0, 0.1) is 6.92 Å². The highest BCUT2D eigenvalue weighted by atomic mass is 35.5. The third-order valence-electron chi connectivity index (χ3n) is 2.02. The van der Waals surface area contributed by atoms with Gasteiger partial charge in [-0.2, -0.15) is 4.98 Å². The maximum atomic E-state index is 5.84. The molecule has 82 valence electrons. The number of aryl methyl sites for hydroxylation is 1. The molecular formula is C10H8Cl2N4. The van der Waals surface area contributed by atoms with Gasteiger partial charge < -0.3 is 5.32 Å². The molecule has 0 aliphatic carbocycles. The highest BCUT2D eigenvalue weighted by molar-refractivity contribution is 6.32. The van der Waals surface area contributed by atoms with Crippen molar-refractivity contribution in [3.05, 3.63) is 40.3 Å². The van der Waals surface area contributed by atoms with E-state index in [-0.39, 0.29) is 10.4 Å². The van der Waals surface area contributed by atoms with Crippen molar-refractivity contribution in [2.75, 3.05) is 5.32 Å². The summed E-state index contributed by atoms with van der Waals surface area (Å²) >= 11 is 11.5. The topological polar surface area (TPSA) is 50.7 Å². The molecule has 1 N–H and O–H groups in total. The molecule has 16 heavy (non-hydrogen) atoms. The zero-order chi connectivity index (χ0) is 11.5. The zero-order valence-corrected chi connectivity index (χ0v) is 9.92. The highest BCUT2D eigenvalue weighted by Crippen LogP contribution is 2.23. The number of aromatic nitrogens is 3. The molecule has 6 heteroatoms. The van der Waals surface area contributed by atoms with Gasteiger partial charge in [-0.3, -0.25) is 0 Å². The van der Waals surface area contributed by atoms with Crippen LogP contribution < -0.4 is 5.32 Å². The van der Waals surface area contributed by atoms with E-state index >= 15 is 0 Å². The van der Waals surface area contributed by atoms with Gasteiger partial charge in [-0.15, -0.1) is 10.2 Å². The molecule has 0 saturated heterocycles. The number of hydrogen-bond acceptors (Lipinski definition) is 4. The van der Waals surface area contributed by atoms with Crippen molar-refractivity contribution in [2.24, 2.45) is 0 Å². The Bertz CT molecular complexity index is 516. The number of nitrogens with one attached hydrogen (secondary N) is 1. The largest absolute Gasteiger partial charge is 0.337 e. The smallest absolute Gasteiger partial charge is 0.245 e. The molecule has 0 fully saturated rings. The van der Waals surface area contributed by atoms with Crippen LogP contribution in [0.2, 0.25) is 10.4 Å². The molecular weight excluding hydrogens is 247 g/mol. The molecule has 0 bridgehead atoms. The maximum absolute atomic E-state index is 5.84. The number of nitrogens with zero attached hydrogens (tertiary/aromatic N) is 3. The van der Waals surface area contributed by atoms with E-state index in [2.05, 4.69) is 20.5 Å². The average molecular weight is 255 g/mol. The van der Waals surface area contributed by atoms with Crippen molar-refractivity contribution in [2.45, 2.75) is 6.92 Å². The zero-order valence-electron chi connectivity index (χ0n) is 8.41. The SMILES string of the molecule is Cc1ccccc1Nc1nc(Cl)nnc1Cl. The van der Waals surface area contributed by atoms with E-state index in [9.17, 15) is 0 Å². The molecule has 0 radical (unpaired) electrons. The Hall–Kier alpha value is -1.39. The Labute approximate surface area is 103 Å². The molecule has 0 amide bonds. The number of halogens is 2. The normalized spacial score (nSPS) is 10.2. The third kappa shape index (κ3) is 2.40. The Morgan fingerprint density at radius 1 is 1.12 bits per heavy atom. The van der Waals surface area contributed by atoms with Crippen LogP contribution in [0.15, 0.2) is 24.3 Å². The number of benzene rings is 1. The minimum absolute atomic E-state index is 0.0560. The second-order valence-electron chi connectivity index (χ2n) is 3.16. The number of hydrogen-bond donors (Lipinski definition) is 1. The second kappa shape index (κ2) is 4.63. The van der Waals surface area contributed by atoms with Crippen LogP contribution in [-0.4, -0.2) is 15.2 Å². The molecule has 0 spiro atoms. The van der Waals surface area contributed by atoms with Gasteiger partial charge in [0.1, 0.15) is 0 Å². The molecule has 2 rings (SSSR count). The van der Waals surface area contributed by atoms with E-state index in [0.717, 1.165) is 11.3 Å². The Balaban J connectivity index is 2.34. The summed E-state index contributed by atoms with van der Waals surface area (Å²) in [7, 11) is 0. The Morgan fingerprint density at radius 3 is 2.62 bits per heavy atom. The average Bonchev–Trinajstić information content (AvgIpc) is 2.27. The van der Waals surface area contributed by atoms with Gasteiger partial charge in [-0.1, -0.05) is 29.8 Å². The number of anilines is 2. The summed E-state index contributed by atoms with van der Waals surface area (Å²) in [5.41, 5.74) is 1.98. The van der Waals surface area contributed by atoms with Crippen LogP contribution in [0.4, 0.5) is 11.5 Å². The van der Waals surface area contributed by atoms with Crippen LogP contribution in [0.1, 0.15) is 5.56 Å². The molecule has 1 aromatic heterocycles. The first-order chi connectivity index (χ1) is 7.66. The van der Waals surface area contributed by atoms with Crippen molar-refractivity contribution in [1.29, 1.82) is 0 Å². The number of rotatable bonds is 2. The first-order valence-corrected chi connectivity index (χ1v) is 5.31. The summed E-state index contributed by atoms with van der Waals surface area (Å²) in [6.45, 7) is 1.98. The quantitative estimate of drug-likeness (QED) is 0.894. The lowest BCUT2D eigenvalue weighted by atomic mass is 10.2. The fourth-order valence-electron chi connectivity index (χ4n) is 1.21. The molecule has 0 aliphatic heterocycles. The lowest BCUT2D eigenvalue weighted by molar-refractivity contribution is 0.974. The van der Waals surface area contributed by atoms with E-state index in [1.54, 1.807) is 0 Å². The van der Waals surface area contributed by atoms with Crippen molar-refractivity contribution in [1.82, 2.24) is 15.2 Å². The van der Waals surface area contributed by atoms with Crippen molar-refractivity contribution >= 4 is 34.7 Å². The van der Waals surface area contributed by atoms with Crippen LogP contribution in [0.25, 0.3) is 0 Å². The minimum atomic E-state index is 0.0560. The lowest BCUT2D eigenvalue weighted by Crippen LogP contribution is -1.99. The minimum Gasteiger partial charge on any atom is -0.337 e. The van der Waals surface area contributed by atoms with Gasteiger partial charge in [0.15, 0.2) is 11.0 Å². The van der Waals surface area contributed by atoms with Crippen LogP contribution in [-0.2, 0) is 0 Å². The Morgan fingerprint density at radius 2 is 1.88 bits per heavy atom. The summed E-state index contributed by atoms with van der Waals surface area (Å²) < 4.78 is 0. The van der Waals surface area contributed by atoms with Gasteiger partial charge in [0, 0.05) is 5.69 Å². The maximum Gasteiger partial charge on any atom is 0.245 e. The lowest BCUT2D eigenvalue weighted by Gasteiger charge is -2.08. The van der Waals surface area contributed by atoms with Gasteiger partial charge in [-0.05, 0) is 30.2 Å². The predicted molar refractivity (Wildman–Crippen MR) is 64.3 cm³/mol. The molecule has 0 saturated carbocycles. The molecule has 0 aliphatic rings. The monoisotopic (exact) mass is 254 g/mol. The molecule has 4 nitrogen and oxygen atoms in total. The summed E-state index contributed by atoms with van der Waals surface area (Å²) in [6.07, 6.45) is 0. The molecule has 1 aromatic carbocycles. The summed E-state index contributed by atoms with van der Waals surface area (Å²) in [6, 6.07) is 7.76. The summed E-state index contributed by atoms with van der Waals surface area (Å²) in [5.74, 6) is 0.399. The van der Waals surface area contributed by atoms with Gasteiger partial charge >= 0.3 is 0 Å². The number of para-hydroxylation sites is 1. The summed E-state index contributed by atoms with van der Waals surface area (Å²) in [4.78, 5) is 3.96. The van der Waals surface area contributed by atoms with Gasteiger partial charge in [0.25, 0.3) is 0 Å². The molecule has 2 aromatic rings. The van der Waals surface area contributed by atoms with Crippen LogP contribution >= 0.6 is 23.2 Å². The fraction of sp³-hybridized carbons (Fsp3) is 0.100. The van der Waals surface area contributed by atoms with Gasteiger partial charge in [-0.25, -0.2) is 0 Å². The predicted octanol–water partition coefficient (Wildman–Crippen LogP) is 3.23. The van der Waals surface area contributed by atoms with E-state index in [1.165, 1.54) is 0 Å². The van der Waals surface area contributed by atoms with Crippen molar-refractivity contribution in [3.8, 4) is 0 Å². The van der Waals surface area contributed by atoms with E-state index in [0.29, 0.717) is 5.82 Å². The van der Waals surface area contributed by atoms with Crippen LogP contribution in [0.5, 0.6) is 0 Å². The second-order valence-corrected chi connectivity index (χ2v) is 3.86. The van der Waals surface area contributed by atoms with Crippen LogP contribution in [0.3, 0.4) is 0 Å². The molecule has 0 atom stereocenters. The van der Waals surface area contributed by atoms with Gasteiger partial charge in [0.2, 0.25) is 5.28 Å². The van der Waals surface area contributed by atoms with Crippen molar-refractivity contribution in [3.63, 3.8) is 0 Å². The van der Waals surface area contributed by atoms with E-state index < -0.39 is 0 Å². The Kier molecular flexibility index (Phi) is 3.22. The fourth-order valence-corrected chi connectivity index (χ4v) is 1.46. The van der Waals surface area contributed by atoms with Gasteiger partial charge in [0.05, 0.1) is 0 Å². The van der Waals surface area contributed by atoms with Crippen molar-refractivity contribution < 1.29 is 0 Å². The standard InChI is InChI=1S/C10H8Cl2N4/c1-6-4-2-3-5-7(6)13-9-8(11)15-16-10(12)14-9/h2-5H,1H3,(H,13,14,16). The molecule has 1 heterocycles. The first-order valence-electron chi connectivity index (χ1n) is 4.55. The third-order valence-corrected chi connectivity index (χ3v) is 2.43.